The molecule has 15 heavy (non-hydrogen) atoms. The molecule has 0 aliphatic rings. The molecule has 0 aliphatic heterocycles. The Kier molecular flexibility index (Phi) is 2.29. The standard InChI is InChI=1S/C11H6ClFN2/c1-6-5-15-11(12)9-3-10(13)7(4-14)2-8(6)9/h2-3,5H,1H3. The second-order valence-electron chi connectivity index (χ2n) is 3.22. The van der Waals surface area contributed by atoms with Gasteiger partial charge in [0.1, 0.15) is 17.0 Å². The fraction of sp³-hybridized carbons (Fsp3) is 0.0909. The fourth-order valence-corrected chi connectivity index (χ4v) is 1.65. The van der Waals surface area contributed by atoms with Crippen LogP contribution in [0.15, 0.2) is 18.3 Å². The van der Waals surface area contributed by atoms with E-state index in [0.29, 0.717) is 5.39 Å². The summed E-state index contributed by atoms with van der Waals surface area (Å²) in [7, 11) is 0. The largest absolute Gasteiger partial charge is 0.244 e. The second kappa shape index (κ2) is 3.48. The molecule has 0 N–H and O–H groups in total. The first-order valence-corrected chi connectivity index (χ1v) is 4.65. The maximum Gasteiger partial charge on any atom is 0.141 e. The Hall–Kier alpha value is -1.66. The number of pyridine rings is 1. The van der Waals surface area contributed by atoms with Crippen LogP contribution in [0.25, 0.3) is 10.8 Å². The van der Waals surface area contributed by atoms with Gasteiger partial charge in [-0.3, -0.25) is 0 Å². The number of nitrogens with zero attached hydrogens (tertiary/aromatic N) is 2. The fourth-order valence-electron chi connectivity index (χ4n) is 1.45. The molecule has 1 heterocycles. The molecule has 4 heteroatoms. The van der Waals surface area contributed by atoms with Gasteiger partial charge in [-0.15, -0.1) is 0 Å². The highest BCUT2D eigenvalue weighted by atomic mass is 35.5. The van der Waals surface area contributed by atoms with Crippen LogP contribution in [0.3, 0.4) is 0 Å². The molecule has 0 bridgehead atoms. The normalized spacial score (nSPS) is 10.3. The number of hydrogen-bond donors (Lipinski definition) is 0. The molecule has 74 valence electrons. The van der Waals surface area contributed by atoms with Crippen LogP contribution in [-0.4, -0.2) is 4.98 Å². The predicted octanol–water partition coefficient (Wildman–Crippen LogP) is 3.21. The Morgan fingerprint density at radius 1 is 1.40 bits per heavy atom. The molecule has 0 aliphatic carbocycles. The topological polar surface area (TPSA) is 36.7 Å². The van der Waals surface area contributed by atoms with Gasteiger partial charge in [-0.05, 0) is 30.0 Å². The Labute approximate surface area is 90.9 Å². The Balaban J connectivity index is 2.94. The van der Waals surface area contributed by atoms with Gasteiger partial charge in [-0.2, -0.15) is 5.26 Å². The van der Waals surface area contributed by atoms with Gasteiger partial charge in [-0.1, -0.05) is 11.6 Å². The molecular formula is C11H6ClFN2. The lowest BCUT2D eigenvalue weighted by atomic mass is 10.1. The monoisotopic (exact) mass is 220 g/mol. The van der Waals surface area contributed by atoms with Gasteiger partial charge in [0, 0.05) is 11.6 Å². The van der Waals surface area contributed by atoms with Gasteiger partial charge in [0.2, 0.25) is 0 Å². The zero-order valence-corrected chi connectivity index (χ0v) is 8.64. The van der Waals surface area contributed by atoms with E-state index in [1.807, 2.05) is 6.92 Å². The summed E-state index contributed by atoms with van der Waals surface area (Å²) in [6.07, 6.45) is 1.60. The number of halogens is 2. The Bertz CT molecular complexity index is 587. The average molecular weight is 221 g/mol. The van der Waals surface area contributed by atoms with E-state index in [0.717, 1.165) is 10.9 Å². The summed E-state index contributed by atoms with van der Waals surface area (Å²) in [5.41, 5.74) is 0.888. The predicted molar refractivity (Wildman–Crippen MR) is 56.2 cm³/mol. The Morgan fingerprint density at radius 2 is 2.13 bits per heavy atom. The smallest absolute Gasteiger partial charge is 0.141 e. The minimum atomic E-state index is -0.570. The van der Waals surface area contributed by atoms with Crippen LogP contribution in [0.5, 0.6) is 0 Å². The lowest BCUT2D eigenvalue weighted by molar-refractivity contribution is 0.626. The molecule has 1 aromatic carbocycles. The number of benzene rings is 1. The van der Waals surface area contributed by atoms with Gasteiger partial charge in [-0.25, -0.2) is 9.37 Å². The first kappa shape index (κ1) is 9.88. The van der Waals surface area contributed by atoms with Gasteiger partial charge >= 0.3 is 0 Å². The molecular weight excluding hydrogens is 215 g/mol. The SMILES string of the molecule is Cc1cnc(Cl)c2cc(F)c(C#N)cc12. The Morgan fingerprint density at radius 3 is 2.80 bits per heavy atom. The van der Waals surface area contributed by atoms with E-state index in [4.69, 9.17) is 16.9 Å². The highest BCUT2D eigenvalue weighted by molar-refractivity contribution is 6.34. The third-order valence-electron chi connectivity index (χ3n) is 2.25. The first-order chi connectivity index (χ1) is 7.13. The van der Waals surface area contributed by atoms with Crippen LogP contribution >= 0.6 is 11.6 Å². The average Bonchev–Trinajstić information content (AvgIpc) is 2.23. The highest BCUT2D eigenvalue weighted by Gasteiger charge is 2.08. The maximum absolute atomic E-state index is 13.3. The van der Waals surface area contributed by atoms with Gasteiger partial charge in [0.05, 0.1) is 5.56 Å². The van der Waals surface area contributed by atoms with Crippen molar-refractivity contribution >= 4 is 22.4 Å². The molecule has 0 atom stereocenters. The number of nitriles is 1. The molecule has 2 nitrogen and oxygen atoms in total. The van der Waals surface area contributed by atoms with Crippen LogP contribution in [0.4, 0.5) is 4.39 Å². The number of fused-ring (bicyclic) bond motifs is 1. The maximum atomic E-state index is 13.3. The minimum absolute atomic E-state index is 0.0212. The molecule has 0 saturated heterocycles. The van der Waals surface area contributed by atoms with E-state index in [1.165, 1.54) is 12.1 Å². The number of aromatic nitrogens is 1. The van der Waals surface area contributed by atoms with Crippen molar-refractivity contribution in [1.29, 1.82) is 5.26 Å². The zero-order valence-electron chi connectivity index (χ0n) is 7.88. The van der Waals surface area contributed by atoms with Crippen LogP contribution in [0.2, 0.25) is 5.15 Å². The van der Waals surface area contributed by atoms with Crippen molar-refractivity contribution in [1.82, 2.24) is 4.98 Å². The summed E-state index contributed by atoms with van der Waals surface area (Å²) in [5.74, 6) is -0.570. The van der Waals surface area contributed by atoms with Crippen LogP contribution < -0.4 is 0 Å². The quantitative estimate of drug-likeness (QED) is 0.640. The summed E-state index contributed by atoms with van der Waals surface area (Å²) in [6.45, 7) is 1.84. The minimum Gasteiger partial charge on any atom is -0.244 e. The third kappa shape index (κ3) is 1.53. The highest BCUT2D eigenvalue weighted by Crippen LogP contribution is 2.26. The molecule has 0 radical (unpaired) electrons. The molecule has 1 aromatic heterocycles. The molecule has 0 unspecified atom stereocenters. The number of rotatable bonds is 0. The van der Waals surface area contributed by atoms with E-state index in [2.05, 4.69) is 4.98 Å². The lowest BCUT2D eigenvalue weighted by Crippen LogP contribution is -1.89. The summed E-state index contributed by atoms with van der Waals surface area (Å²) in [5, 5.41) is 10.2. The van der Waals surface area contributed by atoms with Crippen LogP contribution in [0, 0.1) is 24.1 Å². The van der Waals surface area contributed by atoms with Crippen molar-refractivity contribution in [3.8, 4) is 6.07 Å². The summed E-state index contributed by atoms with van der Waals surface area (Å²) in [6, 6.07) is 4.54. The van der Waals surface area contributed by atoms with Crippen molar-refractivity contribution in [3.05, 3.63) is 40.4 Å². The number of hydrogen-bond acceptors (Lipinski definition) is 2. The molecule has 2 rings (SSSR count). The van der Waals surface area contributed by atoms with Crippen molar-refractivity contribution in [2.24, 2.45) is 0 Å². The molecule has 0 spiro atoms. The van der Waals surface area contributed by atoms with Gasteiger partial charge < -0.3 is 0 Å². The molecule has 0 amide bonds. The molecule has 0 saturated carbocycles. The van der Waals surface area contributed by atoms with Crippen molar-refractivity contribution in [2.45, 2.75) is 6.92 Å². The first-order valence-electron chi connectivity index (χ1n) is 4.28. The van der Waals surface area contributed by atoms with Gasteiger partial charge in [0.15, 0.2) is 0 Å². The molecule has 0 fully saturated rings. The summed E-state index contributed by atoms with van der Waals surface area (Å²) < 4.78 is 13.3. The van der Waals surface area contributed by atoms with Crippen LogP contribution in [-0.2, 0) is 0 Å². The van der Waals surface area contributed by atoms with E-state index < -0.39 is 5.82 Å². The molecule has 2 aromatic rings. The van der Waals surface area contributed by atoms with Crippen molar-refractivity contribution in [3.63, 3.8) is 0 Å². The summed E-state index contributed by atoms with van der Waals surface area (Å²) in [4.78, 5) is 3.92. The van der Waals surface area contributed by atoms with E-state index in [1.54, 1.807) is 12.3 Å². The van der Waals surface area contributed by atoms with Crippen LogP contribution in [0.1, 0.15) is 11.1 Å². The zero-order chi connectivity index (χ0) is 11.0. The van der Waals surface area contributed by atoms with E-state index >= 15 is 0 Å². The summed E-state index contributed by atoms with van der Waals surface area (Å²) >= 11 is 5.84. The number of aryl methyl sites for hydroxylation is 1. The van der Waals surface area contributed by atoms with Crippen molar-refractivity contribution in [2.75, 3.05) is 0 Å². The van der Waals surface area contributed by atoms with E-state index in [-0.39, 0.29) is 10.7 Å². The van der Waals surface area contributed by atoms with Gasteiger partial charge in [0.25, 0.3) is 0 Å². The third-order valence-corrected chi connectivity index (χ3v) is 2.55. The lowest BCUT2D eigenvalue weighted by Gasteiger charge is -2.04. The van der Waals surface area contributed by atoms with E-state index in [9.17, 15) is 4.39 Å². The van der Waals surface area contributed by atoms with Crippen molar-refractivity contribution < 1.29 is 4.39 Å². The second-order valence-corrected chi connectivity index (χ2v) is 3.58.